The van der Waals surface area contributed by atoms with E-state index in [-0.39, 0.29) is 0 Å². The number of hydrogen-bond donors (Lipinski definition) is 1. The van der Waals surface area contributed by atoms with Crippen molar-refractivity contribution in [3.05, 3.63) is 33.8 Å². The molecule has 1 aromatic carbocycles. The molecule has 1 aliphatic rings. The molecule has 0 aromatic heterocycles. The Bertz CT molecular complexity index is 403. The highest BCUT2D eigenvalue weighted by atomic mass is 35.5. The van der Waals surface area contributed by atoms with E-state index in [1.165, 1.54) is 12.8 Å². The zero-order chi connectivity index (χ0) is 13.7. The van der Waals surface area contributed by atoms with Crippen LogP contribution in [0, 0.1) is 0 Å². The molecule has 1 aromatic rings. The minimum atomic E-state index is 0.462. The van der Waals surface area contributed by atoms with E-state index in [4.69, 9.17) is 27.9 Å². The molecule has 1 saturated carbocycles. The van der Waals surface area contributed by atoms with Gasteiger partial charge < -0.3 is 10.1 Å². The third kappa shape index (κ3) is 4.64. The molecular formula is C15H21Cl2NO. The Morgan fingerprint density at radius 1 is 1.21 bits per heavy atom. The molecule has 0 amide bonds. The van der Waals surface area contributed by atoms with Gasteiger partial charge in [-0.3, -0.25) is 0 Å². The minimum absolute atomic E-state index is 0.462. The minimum Gasteiger partial charge on any atom is -0.381 e. The van der Waals surface area contributed by atoms with Gasteiger partial charge in [-0.1, -0.05) is 29.3 Å². The van der Waals surface area contributed by atoms with Crippen molar-refractivity contribution < 1.29 is 4.74 Å². The molecule has 0 bridgehead atoms. The van der Waals surface area contributed by atoms with E-state index in [1.54, 1.807) is 7.11 Å². The third-order valence-electron chi connectivity index (χ3n) is 3.85. The van der Waals surface area contributed by atoms with Crippen LogP contribution in [-0.2, 0) is 11.2 Å². The van der Waals surface area contributed by atoms with Crippen molar-refractivity contribution in [3.8, 4) is 0 Å². The first kappa shape index (κ1) is 15.1. The lowest BCUT2D eigenvalue weighted by Crippen LogP contribution is -2.36. The second kappa shape index (κ2) is 7.49. The van der Waals surface area contributed by atoms with Gasteiger partial charge in [0.15, 0.2) is 0 Å². The van der Waals surface area contributed by atoms with Gasteiger partial charge in [-0.05, 0) is 56.3 Å². The maximum Gasteiger partial charge on any atom is 0.0572 e. The van der Waals surface area contributed by atoms with Gasteiger partial charge in [-0.15, -0.1) is 0 Å². The molecule has 0 aliphatic heterocycles. The van der Waals surface area contributed by atoms with Crippen molar-refractivity contribution in [1.82, 2.24) is 5.32 Å². The highest BCUT2D eigenvalue weighted by Gasteiger charge is 2.19. The monoisotopic (exact) mass is 301 g/mol. The van der Waals surface area contributed by atoms with Crippen molar-refractivity contribution in [2.45, 2.75) is 44.2 Å². The fraction of sp³-hybridized carbons (Fsp3) is 0.600. The summed E-state index contributed by atoms with van der Waals surface area (Å²) in [6, 6.07) is 6.33. The number of nitrogens with one attached hydrogen (secondary N) is 1. The lowest BCUT2D eigenvalue weighted by molar-refractivity contribution is 0.0626. The molecule has 0 radical (unpaired) electrons. The summed E-state index contributed by atoms with van der Waals surface area (Å²) < 4.78 is 5.38. The van der Waals surface area contributed by atoms with Crippen LogP contribution in [0.2, 0.25) is 10.0 Å². The fourth-order valence-electron chi connectivity index (χ4n) is 2.64. The molecule has 4 heteroatoms. The highest BCUT2D eigenvalue weighted by Crippen LogP contribution is 2.22. The summed E-state index contributed by atoms with van der Waals surface area (Å²) in [6.07, 6.45) is 6.13. The van der Waals surface area contributed by atoms with Crippen molar-refractivity contribution in [2.24, 2.45) is 0 Å². The van der Waals surface area contributed by atoms with Crippen LogP contribution in [0.4, 0.5) is 0 Å². The number of halogens is 2. The van der Waals surface area contributed by atoms with Crippen LogP contribution in [0.25, 0.3) is 0 Å². The summed E-state index contributed by atoms with van der Waals surface area (Å²) in [4.78, 5) is 0. The van der Waals surface area contributed by atoms with E-state index < -0.39 is 0 Å². The first-order valence-corrected chi connectivity index (χ1v) is 7.64. The normalized spacial score (nSPS) is 23.5. The van der Waals surface area contributed by atoms with Crippen molar-refractivity contribution >= 4 is 23.2 Å². The molecule has 106 valence electrons. The number of hydrogen-bond acceptors (Lipinski definition) is 2. The predicted molar refractivity (Wildman–Crippen MR) is 81.2 cm³/mol. The van der Waals surface area contributed by atoms with E-state index in [0.29, 0.717) is 17.2 Å². The van der Waals surface area contributed by atoms with Gasteiger partial charge in [-0.2, -0.15) is 0 Å². The second-order valence-corrected chi connectivity index (χ2v) is 5.99. The van der Waals surface area contributed by atoms with Crippen LogP contribution in [0.5, 0.6) is 0 Å². The second-order valence-electron chi connectivity index (χ2n) is 5.15. The quantitative estimate of drug-likeness (QED) is 0.885. The number of ether oxygens (including phenoxy) is 1. The van der Waals surface area contributed by atoms with Gasteiger partial charge in [0.2, 0.25) is 0 Å². The number of methoxy groups -OCH3 is 1. The zero-order valence-corrected chi connectivity index (χ0v) is 12.8. The molecule has 0 saturated heterocycles. The van der Waals surface area contributed by atoms with E-state index >= 15 is 0 Å². The Hall–Kier alpha value is -0.280. The molecule has 0 spiro atoms. The topological polar surface area (TPSA) is 21.3 Å². The van der Waals surface area contributed by atoms with Crippen LogP contribution >= 0.6 is 23.2 Å². The molecular weight excluding hydrogens is 281 g/mol. The lowest BCUT2D eigenvalue weighted by Gasteiger charge is -2.28. The SMILES string of the molecule is COC1CCC(NCCc2ccc(Cl)cc2Cl)CC1. The fourth-order valence-corrected chi connectivity index (χ4v) is 3.14. The standard InChI is InChI=1S/C15H21Cl2NO/c1-19-14-6-4-13(5-7-14)18-9-8-11-2-3-12(16)10-15(11)17/h2-3,10,13-14,18H,4-9H2,1H3. The molecule has 2 nitrogen and oxygen atoms in total. The van der Waals surface area contributed by atoms with Gasteiger partial charge >= 0.3 is 0 Å². The van der Waals surface area contributed by atoms with E-state index in [0.717, 1.165) is 36.4 Å². The lowest BCUT2D eigenvalue weighted by atomic mass is 9.93. The van der Waals surface area contributed by atoms with Gasteiger partial charge in [0, 0.05) is 23.2 Å². The van der Waals surface area contributed by atoms with Crippen LogP contribution in [0.15, 0.2) is 18.2 Å². The van der Waals surface area contributed by atoms with E-state index in [2.05, 4.69) is 5.32 Å². The molecule has 0 unspecified atom stereocenters. The summed E-state index contributed by atoms with van der Waals surface area (Å²) in [5, 5.41) is 5.06. The average Bonchev–Trinajstić information content (AvgIpc) is 2.42. The molecule has 0 heterocycles. The molecule has 0 atom stereocenters. The maximum atomic E-state index is 6.16. The van der Waals surface area contributed by atoms with Gasteiger partial charge in [0.25, 0.3) is 0 Å². The summed E-state index contributed by atoms with van der Waals surface area (Å²) in [5.74, 6) is 0. The summed E-state index contributed by atoms with van der Waals surface area (Å²) in [5.41, 5.74) is 1.16. The van der Waals surface area contributed by atoms with Crippen LogP contribution in [0.3, 0.4) is 0 Å². The molecule has 2 rings (SSSR count). The molecule has 19 heavy (non-hydrogen) atoms. The number of benzene rings is 1. The van der Waals surface area contributed by atoms with Gasteiger partial charge in [0.05, 0.1) is 6.10 Å². The average molecular weight is 302 g/mol. The first-order chi connectivity index (χ1) is 9.19. The van der Waals surface area contributed by atoms with Crippen molar-refractivity contribution in [1.29, 1.82) is 0 Å². The van der Waals surface area contributed by atoms with E-state index in [1.807, 2.05) is 18.2 Å². The smallest absolute Gasteiger partial charge is 0.0572 e. The Balaban J connectivity index is 1.72. The zero-order valence-electron chi connectivity index (χ0n) is 11.3. The Labute approximate surface area is 125 Å². The summed E-state index contributed by atoms with van der Waals surface area (Å²) in [7, 11) is 1.81. The van der Waals surface area contributed by atoms with Crippen LogP contribution in [-0.4, -0.2) is 25.8 Å². The highest BCUT2D eigenvalue weighted by molar-refractivity contribution is 6.35. The number of rotatable bonds is 5. The summed E-state index contributed by atoms with van der Waals surface area (Å²) in [6.45, 7) is 0.962. The molecule has 1 N–H and O–H groups in total. The maximum absolute atomic E-state index is 6.16. The van der Waals surface area contributed by atoms with Gasteiger partial charge in [0.1, 0.15) is 0 Å². The van der Waals surface area contributed by atoms with E-state index in [9.17, 15) is 0 Å². The van der Waals surface area contributed by atoms with Crippen LogP contribution in [0.1, 0.15) is 31.2 Å². The largest absolute Gasteiger partial charge is 0.381 e. The molecule has 1 fully saturated rings. The predicted octanol–water partition coefficient (Wildman–Crippen LogP) is 4.08. The first-order valence-electron chi connectivity index (χ1n) is 6.89. The van der Waals surface area contributed by atoms with Gasteiger partial charge in [-0.25, -0.2) is 0 Å². The van der Waals surface area contributed by atoms with Crippen molar-refractivity contribution in [3.63, 3.8) is 0 Å². The third-order valence-corrected chi connectivity index (χ3v) is 4.44. The Morgan fingerprint density at radius 3 is 2.58 bits per heavy atom. The Kier molecular flexibility index (Phi) is 5.96. The molecule has 1 aliphatic carbocycles. The van der Waals surface area contributed by atoms with Crippen LogP contribution < -0.4 is 5.32 Å². The van der Waals surface area contributed by atoms with Crippen molar-refractivity contribution in [2.75, 3.05) is 13.7 Å². The Morgan fingerprint density at radius 2 is 1.95 bits per heavy atom. The summed E-state index contributed by atoms with van der Waals surface area (Å²) >= 11 is 12.0.